The Kier molecular flexibility index (Phi) is 3.23. The zero-order valence-corrected chi connectivity index (χ0v) is 14.2. The number of pyridine rings is 1. The molecule has 0 atom stereocenters. The highest BCUT2D eigenvalue weighted by atomic mass is 16.5. The van der Waals surface area contributed by atoms with Gasteiger partial charge in [0.05, 0.1) is 23.1 Å². The Balaban J connectivity index is 2.09. The van der Waals surface area contributed by atoms with Crippen LogP contribution >= 0.6 is 0 Å². The number of hydrogen-bond donors (Lipinski definition) is 0. The van der Waals surface area contributed by atoms with E-state index in [1.54, 1.807) is 0 Å². The van der Waals surface area contributed by atoms with Crippen molar-refractivity contribution in [3.8, 4) is 22.3 Å². The highest BCUT2D eigenvalue weighted by molar-refractivity contribution is 5.97. The molecule has 0 N–H and O–H groups in total. The van der Waals surface area contributed by atoms with Crippen LogP contribution in [0.1, 0.15) is 17.1 Å². The van der Waals surface area contributed by atoms with Gasteiger partial charge in [-0.3, -0.25) is 4.98 Å². The fraction of sp³-hybridized carbons (Fsp3) is 0.211. The number of aryl methyl sites for hydroxylation is 4. The van der Waals surface area contributed by atoms with Gasteiger partial charge in [0.15, 0.2) is 0 Å². The number of imidazole rings is 1. The van der Waals surface area contributed by atoms with Gasteiger partial charge in [0, 0.05) is 35.6 Å². The second-order valence-corrected chi connectivity index (χ2v) is 6.08. The third-order valence-electron chi connectivity index (χ3n) is 4.43. The molecule has 0 unspecified atom stereocenters. The van der Waals surface area contributed by atoms with Crippen molar-refractivity contribution in [3.63, 3.8) is 0 Å². The smallest absolute Gasteiger partial charge is 0.141 e. The molecule has 4 rings (SSSR count). The van der Waals surface area contributed by atoms with E-state index in [-0.39, 0.29) is 0 Å². The SMILES string of the molecule is Cc1ncccc1-c1cc(-c2c(C)noc2C)cc2ncn(C)c12. The molecule has 120 valence electrons. The molecule has 24 heavy (non-hydrogen) atoms. The second kappa shape index (κ2) is 5.30. The summed E-state index contributed by atoms with van der Waals surface area (Å²) >= 11 is 0. The van der Waals surface area contributed by atoms with E-state index in [2.05, 4.69) is 33.3 Å². The van der Waals surface area contributed by atoms with Crippen molar-refractivity contribution in [2.75, 3.05) is 0 Å². The summed E-state index contributed by atoms with van der Waals surface area (Å²) in [5.74, 6) is 0.816. The number of aromatic nitrogens is 4. The summed E-state index contributed by atoms with van der Waals surface area (Å²) in [7, 11) is 2.01. The fourth-order valence-electron chi connectivity index (χ4n) is 3.31. The summed E-state index contributed by atoms with van der Waals surface area (Å²) in [4.78, 5) is 9.00. The van der Waals surface area contributed by atoms with Crippen LogP contribution in [0.5, 0.6) is 0 Å². The highest BCUT2D eigenvalue weighted by Crippen LogP contribution is 2.36. The highest BCUT2D eigenvalue weighted by Gasteiger charge is 2.17. The molecule has 0 aliphatic heterocycles. The van der Waals surface area contributed by atoms with Crippen molar-refractivity contribution < 1.29 is 4.52 Å². The molecular formula is C19H18N4O. The quantitative estimate of drug-likeness (QED) is 0.555. The van der Waals surface area contributed by atoms with Gasteiger partial charge in [-0.25, -0.2) is 4.98 Å². The van der Waals surface area contributed by atoms with Gasteiger partial charge in [-0.15, -0.1) is 0 Å². The Bertz CT molecular complexity index is 1040. The maximum absolute atomic E-state index is 5.35. The van der Waals surface area contributed by atoms with Gasteiger partial charge >= 0.3 is 0 Å². The van der Waals surface area contributed by atoms with Crippen molar-refractivity contribution in [2.24, 2.45) is 7.05 Å². The van der Waals surface area contributed by atoms with Crippen LogP contribution in [0, 0.1) is 20.8 Å². The molecule has 5 nitrogen and oxygen atoms in total. The van der Waals surface area contributed by atoms with Crippen molar-refractivity contribution in [3.05, 3.63) is 53.9 Å². The van der Waals surface area contributed by atoms with E-state index >= 15 is 0 Å². The third-order valence-corrected chi connectivity index (χ3v) is 4.43. The van der Waals surface area contributed by atoms with Gasteiger partial charge in [0.25, 0.3) is 0 Å². The number of nitrogens with zero attached hydrogens (tertiary/aromatic N) is 4. The summed E-state index contributed by atoms with van der Waals surface area (Å²) in [6, 6.07) is 8.34. The second-order valence-electron chi connectivity index (χ2n) is 6.08. The Hall–Kier alpha value is -2.95. The first-order valence-corrected chi connectivity index (χ1v) is 7.86. The van der Waals surface area contributed by atoms with Gasteiger partial charge in [-0.05, 0) is 44.5 Å². The predicted octanol–water partition coefficient (Wildman–Crippen LogP) is 4.22. The van der Waals surface area contributed by atoms with Crippen LogP contribution in [0.15, 0.2) is 41.3 Å². The first-order valence-electron chi connectivity index (χ1n) is 7.86. The lowest BCUT2D eigenvalue weighted by atomic mass is 9.96. The lowest BCUT2D eigenvalue weighted by Gasteiger charge is -2.11. The topological polar surface area (TPSA) is 56.7 Å². The average Bonchev–Trinajstić information content (AvgIpc) is 3.10. The van der Waals surface area contributed by atoms with Crippen molar-refractivity contribution in [1.82, 2.24) is 19.7 Å². The monoisotopic (exact) mass is 318 g/mol. The molecular weight excluding hydrogens is 300 g/mol. The first kappa shape index (κ1) is 14.6. The zero-order chi connectivity index (χ0) is 16.8. The van der Waals surface area contributed by atoms with Crippen molar-refractivity contribution >= 4 is 11.0 Å². The van der Waals surface area contributed by atoms with E-state index in [0.29, 0.717) is 0 Å². The molecule has 0 fully saturated rings. The molecule has 0 aliphatic carbocycles. The van der Waals surface area contributed by atoms with E-state index < -0.39 is 0 Å². The molecule has 3 aromatic heterocycles. The third kappa shape index (κ3) is 2.12. The van der Waals surface area contributed by atoms with E-state index in [1.807, 2.05) is 51.0 Å². The van der Waals surface area contributed by atoms with Gasteiger partial charge in [-0.1, -0.05) is 11.2 Å². The number of benzene rings is 1. The van der Waals surface area contributed by atoms with Crippen LogP contribution in [-0.2, 0) is 7.05 Å². The Morgan fingerprint density at radius 2 is 1.83 bits per heavy atom. The molecule has 0 spiro atoms. The summed E-state index contributed by atoms with van der Waals surface area (Å²) in [6.07, 6.45) is 3.66. The molecule has 3 heterocycles. The molecule has 1 aromatic carbocycles. The van der Waals surface area contributed by atoms with Crippen LogP contribution in [0.2, 0.25) is 0 Å². The van der Waals surface area contributed by atoms with Crippen LogP contribution in [-0.4, -0.2) is 19.7 Å². The van der Waals surface area contributed by atoms with E-state index in [4.69, 9.17) is 4.52 Å². The molecule has 0 bridgehead atoms. The van der Waals surface area contributed by atoms with E-state index in [1.165, 1.54) is 0 Å². The Morgan fingerprint density at radius 3 is 2.54 bits per heavy atom. The first-order chi connectivity index (χ1) is 11.6. The molecule has 0 saturated heterocycles. The number of rotatable bonds is 2. The lowest BCUT2D eigenvalue weighted by Crippen LogP contribution is -1.93. The van der Waals surface area contributed by atoms with E-state index in [0.717, 1.165) is 50.4 Å². The fourth-order valence-corrected chi connectivity index (χ4v) is 3.31. The van der Waals surface area contributed by atoms with Gasteiger partial charge in [0.1, 0.15) is 5.76 Å². The minimum atomic E-state index is 0.816. The Morgan fingerprint density at radius 1 is 1.00 bits per heavy atom. The summed E-state index contributed by atoms with van der Waals surface area (Å²) in [5.41, 5.74) is 8.26. The van der Waals surface area contributed by atoms with E-state index in [9.17, 15) is 0 Å². The van der Waals surface area contributed by atoms with Gasteiger partial charge in [0.2, 0.25) is 0 Å². The standard InChI is InChI=1S/C19H18N4O/c1-11-15(6-5-7-20-11)16-8-14(18-12(2)22-24-13(18)3)9-17-19(16)23(4)10-21-17/h5-10H,1-4H3. The minimum Gasteiger partial charge on any atom is -0.361 e. The molecule has 0 radical (unpaired) electrons. The maximum Gasteiger partial charge on any atom is 0.141 e. The van der Waals surface area contributed by atoms with Crippen LogP contribution in [0.25, 0.3) is 33.3 Å². The number of hydrogen-bond acceptors (Lipinski definition) is 4. The molecule has 0 saturated carbocycles. The zero-order valence-electron chi connectivity index (χ0n) is 14.2. The summed E-state index contributed by atoms with van der Waals surface area (Å²) < 4.78 is 7.40. The molecule has 5 heteroatoms. The van der Waals surface area contributed by atoms with Crippen LogP contribution < -0.4 is 0 Å². The van der Waals surface area contributed by atoms with Crippen LogP contribution in [0.3, 0.4) is 0 Å². The molecule has 4 aromatic rings. The van der Waals surface area contributed by atoms with Crippen molar-refractivity contribution in [1.29, 1.82) is 0 Å². The molecule has 0 amide bonds. The summed E-state index contributed by atoms with van der Waals surface area (Å²) in [5, 5.41) is 4.08. The largest absolute Gasteiger partial charge is 0.361 e. The number of fused-ring (bicyclic) bond motifs is 1. The normalized spacial score (nSPS) is 11.3. The minimum absolute atomic E-state index is 0.816. The van der Waals surface area contributed by atoms with Gasteiger partial charge in [-0.2, -0.15) is 0 Å². The lowest BCUT2D eigenvalue weighted by molar-refractivity contribution is 0.393. The predicted molar refractivity (Wildman–Crippen MR) is 93.7 cm³/mol. The van der Waals surface area contributed by atoms with Crippen molar-refractivity contribution in [2.45, 2.75) is 20.8 Å². The molecule has 0 aliphatic rings. The Labute approximate surface area is 140 Å². The van der Waals surface area contributed by atoms with Gasteiger partial charge < -0.3 is 9.09 Å². The maximum atomic E-state index is 5.35. The summed E-state index contributed by atoms with van der Waals surface area (Å²) in [6.45, 7) is 5.93. The average molecular weight is 318 g/mol. The van der Waals surface area contributed by atoms with Crippen LogP contribution in [0.4, 0.5) is 0 Å².